The third kappa shape index (κ3) is 1.87. The molecule has 1 unspecified atom stereocenters. The normalized spacial score (nSPS) is 16.9. The second-order valence-corrected chi connectivity index (χ2v) is 5.61. The molecule has 2 aromatic rings. The summed E-state index contributed by atoms with van der Waals surface area (Å²) in [5.74, 6) is 0. The number of rotatable bonds is 1. The topological polar surface area (TPSA) is 55.3 Å². The smallest absolute Gasteiger partial charge is 0.111 e. The van der Waals surface area contributed by atoms with Crippen molar-refractivity contribution in [2.75, 3.05) is 22.9 Å². The molecular formula is C15H16BrN3. The molecule has 98 valence electrons. The molecule has 1 aliphatic rings. The maximum absolute atomic E-state index is 5.93. The van der Waals surface area contributed by atoms with Gasteiger partial charge in [0.05, 0.1) is 0 Å². The lowest BCUT2D eigenvalue weighted by Crippen LogP contribution is -2.28. The van der Waals surface area contributed by atoms with E-state index in [1.165, 1.54) is 22.4 Å². The zero-order valence-corrected chi connectivity index (χ0v) is 12.3. The number of anilines is 3. The van der Waals surface area contributed by atoms with E-state index in [4.69, 9.17) is 11.5 Å². The van der Waals surface area contributed by atoms with Crippen LogP contribution in [0.25, 0.3) is 11.1 Å². The number of hydrogen-bond donors (Lipinski definition) is 2. The molecular weight excluding hydrogens is 302 g/mol. The Morgan fingerprint density at radius 1 is 1.05 bits per heavy atom. The van der Waals surface area contributed by atoms with Crippen molar-refractivity contribution in [3.63, 3.8) is 0 Å². The van der Waals surface area contributed by atoms with Crippen molar-refractivity contribution in [1.82, 2.24) is 0 Å². The van der Waals surface area contributed by atoms with Gasteiger partial charge in [0, 0.05) is 29.2 Å². The predicted octanol–water partition coefficient (Wildman–Crippen LogP) is 3.75. The van der Waals surface area contributed by atoms with Gasteiger partial charge in [0.25, 0.3) is 0 Å². The Labute approximate surface area is 121 Å². The maximum Gasteiger partial charge on any atom is 0.111 e. The Balaban J connectivity index is 2.29. The van der Waals surface area contributed by atoms with Crippen LogP contribution >= 0.6 is 15.9 Å². The number of benzene rings is 2. The summed E-state index contributed by atoms with van der Waals surface area (Å²) in [7, 11) is 0. The van der Waals surface area contributed by atoms with Crippen molar-refractivity contribution in [2.45, 2.75) is 11.9 Å². The lowest BCUT2D eigenvalue weighted by Gasteiger charge is -2.37. The molecule has 1 heterocycles. The minimum atomic E-state index is 0.130. The third-order valence-electron chi connectivity index (χ3n) is 3.57. The van der Waals surface area contributed by atoms with E-state index in [0.717, 1.165) is 17.9 Å². The van der Waals surface area contributed by atoms with Gasteiger partial charge < -0.3 is 16.4 Å². The van der Waals surface area contributed by atoms with Crippen LogP contribution in [-0.4, -0.2) is 6.54 Å². The second-order valence-electron chi connectivity index (χ2n) is 4.75. The first-order valence-corrected chi connectivity index (χ1v) is 7.23. The van der Waals surface area contributed by atoms with Gasteiger partial charge in [0.2, 0.25) is 0 Å². The van der Waals surface area contributed by atoms with Crippen molar-refractivity contribution < 1.29 is 0 Å². The molecule has 4 heteroatoms. The monoisotopic (exact) mass is 317 g/mol. The van der Waals surface area contributed by atoms with Gasteiger partial charge in [0.1, 0.15) is 4.95 Å². The van der Waals surface area contributed by atoms with E-state index in [2.05, 4.69) is 39.9 Å². The fourth-order valence-electron chi connectivity index (χ4n) is 2.66. The molecule has 0 radical (unpaired) electrons. The highest BCUT2D eigenvalue weighted by atomic mass is 79.9. The van der Waals surface area contributed by atoms with Crippen LogP contribution in [0, 0.1) is 0 Å². The Kier molecular flexibility index (Phi) is 2.90. The van der Waals surface area contributed by atoms with Gasteiger partial charge >= 0.3 is 0 Å². The van der Waals surface area contributed by atoms with E-state index in [1.807, 2.05) is 24.3 Å². The minimum Gasteiger partial charge on any atom is -0.399 e. The summed E-state index contributed by atoms with van der Waals surface area (Å²) >= 11 is 3.77. The number of fused-ring (bicyclic) bond motifs is 3. The standard InChI is InChI=1S/C15H16BrN3/c1-2-19-14-8-10(18)4-6-12(14)11-5-3-9(17)7-13(11)15(19)16/h3-8,15H,2,17-18H2,1H3. The summed E-state index contributed by atoms with van der Waals surface area (Å²) in [5.41, 5.74) is 18.2. The lowest BCUT2D eigenvalue weighted by molar-refractivity contribution is 0.817. The largest absolute Gasteiger partial charge is 0.399 e. The molecule has 0 aliphatic carbocycles. The van der Waals surface area contributed by atoms with Crippen LogP contribution in [0.15, 0.2) is 36.4 Å². The molecule has 0 aromatic heterocycles. The van der Waals surface area contributed by atoms with Crippen LogP contribution in [0.1, 0.15) is 17.4 Å². The van der Waals surface area contributed by atoms with E-state index in [0.29, 0.717) is 0 Å². The molecule has 2 aromatic carbocycles. The molecule has 1 aliphatic heterocycles. The SMILES string of the molecule is CCN1c2cc(N)ccc2-c2ccc(N)cc2C1Br. The summed E-state index contributed by atoms with van der Waals surface area (Å²) < 4.78 is 0. The number of alkyl halides is 1. The summed E-state index contributed by atoms with van der Waals surface area (Å²) in [6.07, 6.45) is 0. The molecule has 0 amide bonds. The number of nitrogens with zero attached hydrogens (tertiary/aromatic N) is 1. The molecule has 0 saturated heterocycles. The number of nitrogen functional groups attached to an aromatic ring is 2. The van der Waals surface area contributed by atoms with Crippen LogP contribution in [0.5, 0.6) is 0 Å². The Hall–Kier alpha value is -1.68. The molecule has 0 bridgehead atoms. The molecule has 3 rings (SSSR count). The van der Waals surface area contributed by atoms with Crippen LogP contribution in [0.2, 0.25) is 0 Å². The van der Waals surface area contributed by atoms with Gasteiger partial charge in [-0.2, -0.15) is 0 Å². The highest BCUT2D eigenvalue weighted by Crippen LogP contribution is 2.47. The Morgan fingerprint density at radius 3 is 2.37 bits per heavy atom. The average molecular weight is 318 g/mol. The lowest BCUT2D eigenvalue weighted by atomic mass is 9.92. The summed E-state index contributed by atoms with van der Waals surface area (Å²) in [5, 5.41) is 0. The molecule has 0 saturated carbocycles. The molecule has 19 heavy (non-hydrogen) atoms. The fraction of sp³-hybridized carbons (Fsp3) is 0.200. The molecule has 1 atom stereocenters. The predicted molar refractivity (Wildman–Crippen MR) is 85.4 cm³/mol. The van der Waals surface area contributed by atoms with Crippen LogP contribution in [-0.2, 0) is 0 Å². The van der Waals surface area contributed by atoms with Gasteiger partial charge in [-0.05, 0) is 42.3 Å². The van der Waals surface area contributed by atoms with Crippen molar-refractivity contribution in [2.24, 2.45) is 0 Å². The third-order valence-corrected chi connectivity index (χ3v) is 4.56. The number of hydrogen-bond acceptors (Lipinski definition) is 3. The maximum atomic E-state index is 5.93. The van der Waals surface area contributed by atoms with E-state index in [-0.39, 0.29) is 4.95 Å². The van der Waals surface area contributed by atoms with Gasteiger partial charge in [-0.15, -0.1) is 0 Å². The molecule has 0 fully saturated rings. The zero-order chi connectivity index (χ0) is 13.6. The quantitative estimate of drug-likeness (QED) is 0.478. The van der Waals surface area contributed by atoms with Crippen LogP contribution in [0.4, 0.5) is 17.1 Å². The summed E-state index contributed by atoms with van der Waals surface area (Å²) in [6.45, 7) is 3.04. The van der Waals surface area contributed by atoms with Crippen LogP contribution in [0.3, 0.4) is 0 Å². The minimum absolute atomic E-state index is 0.130. The van der Waals surface area contributed by atoms with Crippen LogP contribution < -0.4 is 16.4 Å². The van der Waals surface area contributed by atoms with E-state index in [1.54, 1.807) is 0 Å². The van der Waals surface area contributed by atoms with Crippen molar-refractivity contribution in [1.29, 1.82) is 0 Å². The zero-order valence-electron chi connectivity index (χ0n) is 10.7. The average Bonchev–Trinajstić information content (AvgIpc) is 2.39. The van der Waals surface area contributed by atoms with Crippen molar-refractivity contribution in [3.05, 3.63) is 42.0 Å². The fourth-order valence-corrected chi connectivity index (χ4v) is 3.55. The van der Waals surface area contributed by atoms with Crippen molar-refractivity contribution >= 4 is 33.0 Å². The second kappa shape index (κ2) is 4.46. The highest BCUT2D eigenvalue weighted by molar-refractivity contribution is 9.09. The Morgan fingerprint density at radius 2 is 1.68 bits per heavy atom. The molecule has 4 N–H and O–H groups in total. The molecule has 3 nitrogen and oxygen atoms in total. The van der Waals surface area contributed by atoms with Gasteiger partial charge in [-0.3, -0.25) is 0 Å². The summed E-state index contributed by atoms with van der Waals surface area (Å²) in [6, 6.07) is 12.1. The number of halogens is 1. The van der Waals surface area contributed by atoms with E-state index in [9.17, 15) is 0 Å². The van der Waals surface area contributed by atoms with E-state index < -0.39 is 0 Å². The first-order chi connectivity index (χ1) is 9.11. The van der Waals surface area contributed by atoms with Crippen molar-refractivity contribution in [3.8, 4) is 11.1 Å². The summed E-state index contributed by atoms with van der Waals surface area (Å²) in [4.78, 5) is 2.42. The van der Waals surface area contributed by atoms with Gasteiger partial charge in [-0.25, -0.2) is 0 Å². The van der Waals surface area contributed by atoms with Gasteiger partial charge in [0.15, 0.2) is 0 Å². The molecule has 0 spiro atoms. The van der Waals surface area contributed by atoms with Gasteiger partial charge in [-0.1, -0.05) is 28.1 Å². The number of nitrogens with two attached hydrogens (primary N) is 2. The first kappa shape index (κ1) is 12.4. The first-order valence-electron chi connectivity index (χ1n) is 6.32. The Bertz CT molecular complexity index is 639. The van der Waals surface area contributed by atoms with E-state index >= 15 is 0 Å². The highest BCUT2D eigenvalue weighted by Gasteiger charge is 2.28.